The zero-order chi connectivity index (χ0) is 12.2. The fraction of sp³-hybridized carbons (Fsp3) is 0.500. The third-order valence-electron chi connectivity index (χ3n) is 2.86. The van der Waals surface area contributed by atoms with Crippen molar-refractivity contribution in [1.29, 1.82) is 0 Å². The molecule has 1 aromatic carbocycles. The van der Waals surface area contributed by atoms with Crippen molar-refractivity contribution in [3.8, 4) is 0 Å². The molecule has 0 saturated carbocycles. The van der Waals surface area contributed by atoms with Crippen molar-refractivity contribution in [1.82, 2.24) is 0 Å². The average Bonchev–Trinajstić information content (AvgIpc) is 3.10. The second-order valence-corrected chi connectivity index (χ2v) is 4.00. The molecule has 1 aromatic rings. The molecule has 18 heavy (non-hydrogen) atoms. The Morgan fingerprint density at radius 1 is 1.00 bits per heavy atom. The maximum atomic E-state index is 5.32. The second-order valence-electron chi connectivity index (χ2n) is 4.00. The monoisotopic (exact) mass is 254 g/mol. The van der Waals surface area contributed by atoms with Crippen LogP contribution in [0, 0.1) is 0 Å². The highest BCUT2D eigenvalue weighted by Crippen LogP contribution is 2.28. The molecular formula is C12H14O6. The summed E-state index contributed by atoms with van der Waals surface area (Å²) in [5, 5.41) is 0. The number of hydrogen-bond acceptors (Lipinski definition) is 6. The molecular weight excluding hydrogens is 240 g/mol. The summed E-state index contributed by atoms with van der Waals surface area (Å²) in [6.07, 6.45) is 0.737. The summed E-state index contributed by atoms with van der Waals surface area (Å²) >= 11 is 0. The van der Waals surface area contributed by atoms with Crippen molar-refractivity contribution in [2.75, 3.05) is 13.6 Å². The summed E-state index contributed by atoms with van der Waals surface area (Å²) in [6.45, 7) is 0.344. The Hall–Kier alpha value is -1.02. The van der Waals surface area contributed by atoms with Crippen molar-refractivity contribution >= 4 is 0 Å². The minimum Gasteiger partial charge on any atom is -0.320 e. The van der Waals surface area contributed by atoms with Crippen LogP contribution in [0.4, 0.5) is 0 Å². The van der Waals surface area contributed by atoms with Crippen LogP contribution in [0.1, 0.15) is 23.8 Å². The predicted octanol–water partition coefficient (Wildman–Crippen LogP) is 1.82. The summed E-state index contributed by atoms with van der Waals surface area (Å²) in [6, 6.07) is 7.90. The standard InChI is InChI=1S/C12H14O6/c1-2-4-10(12-14-8-16-18-12)9(3-1)5-6-11-13-7-15-17-11/h1-4,11-12H,5-8H2. The van der Waals surface area contributed by atoms with E-state index >= 15 is 0 Å². The first-order chi connectivity index (χ1) is 8.93. The van der Waals surface area contributed by atoms with E-state index in [9.17, 15) is 0 Å². The molecule has 6 heteroatoms. The minimum absolute atomic E-state index is 0.154. The van der Waals surface area contributed by atoms with Gasteiger partial charge in [0.2, 0.25) is 6.29 Å². The van der Waals surface area contributed by atoms with Gasteiger partial charge in [-0.05, 0) is 12.0 Å². The van der Waals surface area contributed by atoms with Gasteiger partial charge in [0.15, 0.2) is 19.9 Å². The molecule has 2 heterocycles. The Labute approximate surface area is 104 Å². The van der Waals surface area contributed by atoms with Crippen LogP contribution in [0.5, 0.6) is 0 Å². The van der Waals surface area contributed by atoms with Crippen molar-refractivity contribution < 1.29 is 29.0 Å². The number of hydrogen-bond donors (Lipinski definition) is 0. The summed E-state index contributed by atoms with van der Waals surface area (Å²) < 4.78 is 10.5. The molecule has 0 radical (unpaired) electrons. The van der Waals surface area contributed by atoms with Gasteiger partial charge in [-0.1, -0.05) is 24.3 Å². The lowest BCUT2D eigenvalue weighted by atomic mass is 10.0. The lowest BCUT2D eigenvalue weighted by Gasteiger charge is -2.13. The maximum absolute atomic E-state index is 5.32. The zero-order valence-electron chi connectivity index (χ0n) is 9.74. The van der Waals surface area contributed by atoms with Gasteiger partial charge in [0.1, 0.15) is 0 Å². The van der Waals surface area contributed by atoms with Gasteiger partial charge < -0.3 is 9.47 Å². The van der Waals surface area contributed by atoms with Crippen LogP contribution in [0.25, 0.3) is 0 Å². The van der Waals surface area contributed by atoms with E-state index in [1.807, 2.05) is 24.3 Å². The van der Waals surface area contributed by atoms with E-state index in [2.05, 4.69) is 4.89 Å². The minimum atomic E-state index is -0.456. The number of ether oxygens (including phenoxy) is 2. The molecule has 2 fully saturated rings. The lowest BCUT2D eigenvalue weighted by Crippen LogP contribution is -2.10. The fourth-order valence-corrected chi connectivity index (χ4v) is 1.98. The van der Waals surface area contributed by atoms with Crippen molar-refractivity contribution in [2.24, 2.45) is 0 Å². The molecule has 0 bridgehead atoms. The van der Waals surface area contributed by atoms with Crippen molar-refractivity contribution in [3.63, 3.8) is 0 Å². The molecule has 0 spiro atoms. The Balaban J connectivity index is 1.66. The molecule has 98 valence electrons. The highest BCUT2D eigenvalue weighted by atomic mass is 17.3. The van der Waals surface area contributed by atoms with Crippen LogP contribution in [0.3, 0.4) is 0 Å². The first-order valence-electron chi connectivity index (χ1n) is 5.81. The van der Waals surface area contributed by atoms with Gasteiger partial charge in [0.25, 0.3) is 0 Å². The molecule has 2 saturated heterocycles. The highest BCUT2D eigenvalue weighted by molar-refractivity contribution is 5.28. The van der Waals surface area contributed by atoms with E-state index in [4.69, 9.17) is 24.1 Å². The van der Waals surface area contributed by atoms with Gasteiger partial charge in [-0.3, -0.25) is 0 Å². The quantitative estimate of drug-likeness (QED) is 0.764. The fourth-order valence-electron chi connectivity index (χ4n) is 1.98. The van der Waals surface area contributed by atoms with Gasteiger partial charge in [0, 0.05) is 12.0 Å². The van der Waals surface area contributed by atoms with Gasteiger partial charge in [-0.25, -0.2) is 14.7 Å². The van der Waals surface area contributed by atoms with E-state index in [-0.39, 0.29) is 19.9 Å². The van der Waals surface area contributed by atoms with Crippen LogP contribution < -0.4 is 0 Å². The Morgan fingerprint density at radius 3 is 2.61 bits per heavy atom. The molecule has 2 atom stereocenters. The largest absolute Gasteiger partial charge is 0.320 e. The molecule has 2 aliphatic rings. The van der Waals surface area contributed by atoms with Gasteiger partial charge in [0.05, 0.1) is 0 Å². The van der Waals surface area contributed by atoms with Crippen LogP contribution >= 0.6 is 0 Å². The van der Waals surface area contributed by atoms with Gasteiger partial charge in [-0.2, -0.15) is 4.89 Å². The Kier molecular flexibility index (Phi) is 3.84. The first-order valence-corrected chi connectivity index (χ1v) is 5.81. The summed E-state index contributed by atoms with van der Waals surface area (Å²) in [4.78, 5) is 19.4. The molecule has 6 nitrogen and oxygen atoms in total. The van der Waals surface area contributed by atoms with Crippen LogP contribution in [-0.4, -0.2) is 19.9 Å². The molecule has 0 aromatic heterocycles. The van der Waals surface area contributed by atoms with Crippen LogP contribution in [-0.2, 0) is 35.4 Å². The number of aryl methyl sites for hydroxylation is 1. The summed E-state index contributed by atoms with van der Waals surface area (Å²) in [5.41, 5.74) is 2.08. The Morgan fingerprint density at radius 2 is 1.83 bits per heavy atom. The normalized spacial score (nSPS) is 27.8. The lowest BCUT2D eigenvalue weighted by molar-refractivity contribution is -0.280. The van der Waals surface area contributed by atoms with E-state index in [0.717, 1.165) is 17.5 Å². The second kappa shape index (κ2) is 5.75. The number of rotatable bonds is 4. The van der Waals surface area contributed by atoms with Gasteiger partial charge in [-0.15, -0.1) is 0 Å². The molecule has 0 amide bonds. The Bertz CT molecular complexity index is 384. The van der Waals surface area contributed by atoms with Gasteiger partial charge >= 0.3 is 0 Å². The van der Waals surface area contributed by atoms with E-state index < -0.39 is 6.29 Å². The van der Waals surface area contributed by atoms with E-state index in [1.165, 1.54) is 0 Å². The first kappa shape index (κ1) is 12.0. The third-order valence-corrected chi connectivity index (χ3v) is 2.86. The maximum Gasteiger partial charge on any atom is 0.220 e. The SMILES string of the molecule is c1ccc(C2OCOO2)c(CCC2OCOO2)c1. The van der Waals surface area contributed by atoms with E-state index in [1.54, 1.807) is 0 Å². The van der Waals surface area contributed by atoms with E-state index in [0.29, 0.717) is 6.42 Å². The zero-order valence-corrected chi connectivity index (χ0v) is 9.74. The highest BCUT2D eigenvalue weighted by Gasteiger charge is 2.24. The molecule has 0 aliphatic carbocycles. The molecule has 0 N–H and O–H groups in total. The number of benzene rings is 1. The third kappa shape index (κ3) is 2.69. The van der Waals surface area contributed by atoms with Crippen LogP contribution in [0.2, 0.25) is 0 Å². The average molecular weight is 254 g/mol. The smallest absolute Gasteiger partial charge is 0.220 e. The molecule has 2 unspecified atom stereocenters. The molecule has 2 aliphatic heterocycles. The van der Waals surface area contributed by atoms with Crippen molar-refractivity contribution in [2.45, 2.75) is 25.4 Å². The van der Waals surface area contributed by atoms with Crippen LogP contribution in [0.15, 0.2) is 24.3 Å². The van der Waals surface area contributed by atoms with Crippen molar-refractivity contribution in [3.05, 3.63) is 35.4 Å². The predicted molar refractivity (Wildman–Crippen MR) is 57.5 cm³/mol. The summed E-state index contributed by atoms with van der Waals surface area (Å²) in [7, 11) is 0. The molecule has 3 rings (SSSR count). The summed E-state index contributed by atoms with van der Waals surface area (Å²) in [5.74, 6) is 0. The topological polar surface area (TPSA) is 55.4 Å².